The Hall–Kier alpha value is -3.14. The fourth-order valence-electron chi connectivity index (χ4n) is 5.09. The van der Waals surface area contributed by atoms with E-state index >= 15 is 0 Å². The number of nitrogens with zero attached hydrogens (tertiary/aromatic N) is 4. The second-order valence-electron chi connectivity index (χ2n) is 10.4. The van der Waals surface area contributed by atoms with Crippen LogP contribution in [0.3, 0.4) is 0 Å². The molecule has 9 heteroatoms. The highest BCUT2D eigenvalue weighted by Crippen LogP contribution is 2.34. The van der Waals surface area contributed by atoms with E-state index in [4.69, 9.17) is 4.98 Å². The first-order valence-electron chi connectivity index (χ1n) is 12.8. The molecule has 2 atom stereocenters. The van der Waals surface area contributed by atoms with Gasteiger partial charge in [0.1, 0.15) is 0 Å². The molecule has 4 aromatic rings. The molecule has 1 fully saturated rings. The first-order chi connectivity index (χ1) is 18.1. The van der Waals surface area contributed by atoms with Crippen LogP contribution in [0.4, 0.5) is 5.13 Å². The minimum Gasteiger partial charge on any atom is -0.278 e. The molecular weight excluding hydrogens is 516 g/mol. The number of carbonyl (C=O) groups is 1. The van der Waals surface area contributed by atoms with E-state index in [1.54, 1.807) is 27.5 Å². The maximum Gasteiger partial charge on any atom is 0.260 e. The van der Waals surface area contributed by atoms with Crippen molar-refractivity contribution in [2.45, 2.75) is 45.6 Å². The van der Waals surface area contributed by atoms with E-state index in [1.807, 2.05) is 38.1 Å². The highest BCUT2D eigenvalue weighted by Gasteiger charge is 2.32. The van der Waals surface area contributed by atoms with Gasteiger partial charge in [0.05, 0.1) is 27.4 Å². The summed E-state index contributed by atoms with van der Waals surface area (Å²) in [5, 5.41) is 0.581. The number of pyridine rings is 1. The molecule has 0 saturated carbocycles. The van der Waals surface area contributed by atoms with Crippen LogP contribution in [-0.4, -0.2) is 41.7 Å². The topological polar surface area (TPSA) is 83.5 Å². The maximum absolute atomic E-state index is 13.8. The fraction of sp³-hybridized carbons (Fsp3) is 0.345. The molecule has 0 bridgehead atoms. The molecule has 7 nitrogen and oxygen atoms in total. The van der Waals surface area contributed by atoms with Gasteiger partial charge < -0.3 is 0 Å². The van der Waals surface area contributed by atoms with Gasteiger partial charge in [-0.2, -0.15) is 4.31 Å². The van der Waals surface area contributed by atoms with Crippen molar-refractivity contribution in [3.63, 3.8) is 0 Å². The molecular formula is C29H32N4O3S2. The Balaban J connectivity index is 1.47. The molecule has 1 aliphatic heterocycles. The molecule has 2 aromatic carbocycles. The first kappa shape index (κ1) is 26.5. The van der Waals surface area contributed by atoms with Crippen LogP contribution in [-0.2, 0) is 16.6 Å². The molecule has 3 heterocycles. The van der Waals surface area contributed by atoms with Crippen molar-refractivity contribution in [2.75, 3.05) is 18.0 Å². The zero-order chi connectivity index (χ0) is 27.0. The van der Waals surface area contributed by atoms with Crippen LogP contribution < -0.4 is 4.90 Å². The number of amides is 1. The molecule has 0 spiro atoms. The Kier molecular flexibility index (Phi) is 7.35. The fourth-order valence-corrected chi connectivity index (χ4v) is 7.79. The lowest BCUT2D eigenvalue weighted by atomic mass is 9.94. The Morgan fingerprint density at radius 1 is 1.03 bits per heavy atom. The summed E-state index contributed by atoms with van der Waals surface area (Å²) in [5.74, 6) is 0.375. The second-order valence-corrected chi connectivity index (χ2v) is 13.3. The van der Waals surface area contributed by atoms with E-state index in [0.29, 0.717) is 35.6 Å². The molecule has 38 heavy (non-hydrogen) atoms. The molecule has 1 saturated heterocycles. The molecule has 1 amide bonds. The normalized spacial score (nSPS) is 18.5. The number of aryl methyl sites for hydroxylation is 2. The Bertz CT molecular complexity index is 1560. The summed E-state index contributed by atoms with van der Waals surface area (Å²) in [6.45, 7) is 9.53. The third-order valence-electron chi connectivity index (χ3n) is 7.17. The third-order valence-corrected chi connectivity index (χ3v) is 10.1. The predicted molar refractivity (Wildman–Crippen MR) is 152 cm³/mol. The van der Waals surface area contributed by atoms with Gasteiger partial charge in [0.2, 0.25) is 10.0 Å². The Labute approximate surface area is 228 Å². The van der Waals surface area contributed by atoms with Crippen LogP contribution in [0.5, 0.6) is 0 Å². The van der Waals surface area contributed by atoms with Crippen molar-refractivity contribution in [3.05, 3.63) is 83.2 Å². The molecule has 198 valence electrons. The summed E-state index contributed by atoms with van der Waals surface area (Å²) in [7, 11) is -3.63. The van der Waals surface area contributed by atoms with E-state index in [0.717, 1.165) is 33.5 Å². The number of rotatable bonds is 6. The average Bonchev–Trinajstić information content (AvgIpc) is 3.34. The van der Waals surface area contributed by atoms with Crippen molar-refractivity contribution in [2.24, 2.45) is 11.8 Å². The van der Waals surface area contributed by atoms with Crippen molar-refractivity contribution < 1.29 is 13.2 Å². The summed E-state index contributed by atoms with van der Waals surface area (Å²) in [4.78, 5) is 24.9. The maximum atomic E-state index is 13.8. The van der Waals surface area contributed by atoms with Gasteiger partial charge in [-0.15, -0.1) is 0 Å². The lowest BCUT2D eigenvalue weighted by Crippen LogP contribution is -2.42. The van der Waals surface area contributed by atoms with Gasteiger partial charge in [0, 0.05) is 24.8 Å². The van der Waals surface area contributed by atoms with E-state index < -0.39 is 10.0 Å². The average molecular weight is 549 g/mol. The van der Waals surface area contributed by atoms with Crippen molar-refractivity contribution in [3.8, 4) is 0 Å². The summed E-state index contributed by atoms with van der Waals surface area (Å²) in [6.07, 6.45) is 2.72. The monoisotopic (exact) mass is 548 g/mol. The number of fused-ring (bicyclic) bond motifs is 1. The van der Waals surface area contributed by atoms with Gasteiger partial charge in [0.15, 0.2) is 5.13 Å². The van der Waals surface area contributed by atoms with Crippen LogP contribution in [0.25, 0.3) is 10.2 Å². The SMILES string of the molecule is Cc1ccc2sc(N(Cc3ccccn3)C(=O)c3ccc(S(=O)(=O)N4CC(C)CC(C)C4)cc3)nc2c1C. The number of anilines is 1. The van der Waals surface area contributed by atoms with Gasteiger partial charge >= 0.3 is 0 Å². The lowest BCUT2D eigenvalue weighted by Gasteiger charge is -2.34. The molecule has 5 rings (SSSR count). The standard InChI is InChI=1S/C29H32N4O3S2/c1-19-15-20(2)17-32(16-19)38(35,36)25-11-9-23(10-12-25)28(34)33(18-24-7-5-6-14-30-24)29-31-27-22(4)21(3)8-13-26(27)37-29/h5-14,19-20H,15-18H2,1-4H3. The van der Waals surface area contributed by atoms with E-state index in [9.17, 15) is 13.2 Å². The smallest absolute Gasteiger partial charge is 0.260 e. The number of benzene rings is 2. The van der Waals surface area contributed by atoms with Crippen LogP contribution in [0, 0.1) is 25.7 Å². The number of thiazole rings is 1. The van der Waals surface area contributed by atoms with Gasteiger partial charge in [-0.25, -0.2) is 13.4 Å². The number of piperidine rings is 1. The largest absolute Gasteiger partial charge is 0.278 e. The van der Waals surface area contributed by atoms with Gasteiger partial charge in [-0.3, -0.25) is 14.7 Å². The van der Waals surface area contributed by atoms with Crippen LogP contribution in [0.2, 0.25) is 0 Å². The summed E-state index contributed by atoms with van der Waals surface area (Å²) in [5.41, 5.74) is 4.25. The second kappa shape index (κ2) is 10.6. The quantitative estimate of drug-likeness (QED) is 0.303. The Morgan fingerprint density at radius 2 is 1.74 bits per heavy atom. The zero-order valence-electron chi connectivity index (χ0n) is 22.1. The van der Waals surface area contributed by atoms with Crippen LogP contribution >= 0.6 is 11.3 Å². The van der Waals surface area contributed by atoms with Crippen LogP contribution in [0.1, 0.15) is 47.4 Å². The molecule has 2 unspecified atom stereocenters. The molecule has 0 radical (unpaired) electrons. The van der Waals surface area contributed by atoms with Crippen molar-refractivity contribution >= 4 is 42.6 Å². The number of hydrogen-bond donors (Lipinski definition) is 0. The molecule has 1 aliphatic rings. The minimum atomic E-state index is -3.63. The Morgan fingerprint density at radius 3 is 2.39 bits per heavy atom. The van der Waals surface area contributed by atoms with Gasteiger partial charge in [0.25, 0.3) is 5.91 Å². The third kappa shape index (κ3) is 5.23. The first-order valence-corrected chi connectivity index (χ1v) is 15.1. The van der Waals surface area contributed by atoms with E-state index in [-0.39, 0.29) is 17.3 Å². The summed E-state index contributed by atoms with van der Waals surface area (Å²) >= 11 is 1.46. The van der Waals surface area contributed by atoms with Crippen LogP contribution in [0.15, 0.2) is 65.7 Å². The summed E-state index contributed by atoms with van der Waals surface area (Å²) in [6, 6.07) is 16.0. The highest BCUT2D eigenvalue weighted by atomic mass is 32.2. The number of aromatic nitrogens is 2. The number of carbonyl (C=O) groups excluding carboxylic acids is 1. The van der Waals surface area contributed by atoms with E-state index in [2.05, 4.69) is 24.9 Å². The zero-order valence-corrected chi connectivity index (χ0v) is 23.7. The number of hydrogen-bond acceptors (Lipinski definition) is 6. The van der Waals surface area contributed by atoms with Gasteiger partial charge in [-0.1, -0.05) is 37.3 Å². The van der Waals surface area contributed by atoms with E-state index in [1.165, 1.54) is 23.5 Å². The molecule has 2 aromatic heterocycles. The van der Waals surface area contributed by atoms with Gasteiger partial charge in [-0.05, 0) is 85.7 Å². The van der Waals surface area contributed by atoms with Crippen molar-refractivity contribution in [1.82, 2.24) is 14.3 Å². The number of sulfonamides is 1. The predicted octanol–water partition coefficient (Wildman–Crippen LogP) is 5.82. The lowest BCUT2D eigenvalue weighted by molar-refractivity contribution is 0.0984. The minimum absolute atomic E-state index is 0.206. The van der Waals surface area contributed by atoms with Crippen molar-refractivity contribution in [1.29, 1.82) is 0 Å². The highest BCUT2D eigenvalue weighted by molar-refractivity contribution is 7.89. The molecule has 0 aliphatic carbocycles. The summed E-state index contributed by atoms with van der Waals surface area (Å²) < 4.78 is 29.2. The molecule has 0 N–H and O–H groups in total.